The number of aryl methyl sites for hydroxylation is 3. The molecule has 0 radical (unpaired) electrons. The fourth-order valence-electron chi connectivity index (χ4n) is 9.07. The summed E-state index contributed by atoms with van der Waals surface area (Å²) in [5.41, 5.74) is 10.5. The molecule has 0 saturated heterocycles. The van der Waals surface area contributed by atoms with Crippen LogP contribution in [-0.4, -0.2) is 9.55 Å². The summed E-state index contributed by atoms with van der Waals surface area (Å²) < 4.78 is 14.3. The zero-order valence-corrected chi connectivity index (χ0v) is 30.1. The van der Waals surface area contributed by atoms with E-state index < -0.39 is 0 Å². The van der Waals surface area contributed by atoms with Crippen LogP contribution in [0.25, 0.3) is 50.3 Å². The minimum Gasteiger partial charge on any atom is -0.455 e. The van der Waals surface area contributed by atoms with Crippen LogP contribution in [0.1, 0.15) is 76.5 Å². The number of imidazole rings is 1. The fraction of sp³-hybridized carbons (Fsp3) is 0.311. The maximum absolute atomic E-state index is 6.95. The first-order valence-corrected chi connectivity index (χ1v) is 18.5. The minimum atomic E-state index is -0.162. The number of hydrogen-bond acceptors (Lipinski definition) is 2. The summed E-state index contributed by atoms with van der Waals surface area (Å²) in [6, 6.07) is 31.2. The molecule has 0 N–H and O–H groups in total. The van der Waals surface area contributed by atoms with Crippen molar-refractivity contribution in [1.29, 1.82) is 0 Å². The number of benzene rings is 3. The van der Waals surface area contributed by atoms with E-state index >= 15 is 0 Å². The molecule has 5 heterocycles. The van der Waals surface area contributed by atoms with E-state index in [0.29, 0.717) is 0 Å². The Balaban J connectivity index is 1.31. The van der Waals surface area contributed by atoms with Crippen molar-refractivity contribution in [3.8, 4) is 28.3 Å². The molecule has 5 heteroatoms. The average molecular weight is 661 g/mol. The number of fused-ring (bicyclic) bond motifs is 7. The number of furan rings is 1. The Bertz CT molecular complexity index is 2330. The van der Waals surface area contributed by atoms with Gasteiger partial charge in [-0.05, 0) is 61.1 Å². The Labute approximate surface area is 295 Å². The number of nitrogens with zero attached hydrogens (tertiary/aromatic N) is 4. The van der Waals surface area contributed by atoms with Crippen LogP contribution in [0.4, 0.5) is 0 Å². The molecular weight excluding hydrogens is 613 g/mol. The van der Waals surface area contributed by atoms with Crippen LogP contribution in [0, 0.1) is 6.92 Å². The molecule has 50 heavy (non-hydrogen) atoms. The van der Waals surface area contributed by atoms with Gasteiger partial charge in [0.2, 0.25) is 5.69 Å². The van der Waals surface area contributed by atoms with Gasteiger partial charge in [-0.1, -0.05) is 69.7 Å². The van der Waals surface area contributed by atoms with Crippen molar-refractivity contribution in [3.05, 3.63) is 133 Å². The standard InChI is InChI=1S/C45H48N4O/c1-6-9-15-33-18-19-36-37-20-21-38-41(42(37)50-40(36)31-33)39-17-12-13-27-49(39)44(5,7-2)45(38,8-3)24-28-47-29-30-48(34-22-25-46-26-23-34)43(47)35-16-11-10-14-32(35)4/h10-14,16-23,25-27,29-31H,6-9,15,24,28H2,1-5H3/q+2. The molecule has 0 spiro atoms. The summed E-state index contributed by atoms with van der Waals surface area (Å²) in [7, 11) is 0. The SMILES string of the molecule is CCCCc1ccc2c(c1)oc1c3c(ccc12)C(CC)(CC[n+]1ccn(-c2ccncc2)c1-c1ccccc1C)C(C)(CC)[n+]1ccccc1-3. The van der Waals surface area contributed by atoms with Crippen molar-refractivity contribution in [1.82, 2.24) is 9.55 Å². The molecule has 0 amide bonds. The highest BCUT2D eigenvalue weighted by Crippen LogP contribution is 2.54. The quantitative estimate of drug-likeness (QED) is 0.137. The van der Waals surface area contributed by atoms with Crippen LogP contribution >= 0.6 is 0 Å². The lowest BCUT2D eigenvalue weighted by Gasteiger charge is -2.48. The van der Waals surface area contributed by atoms with Gasteiger partial charge < -0.3 is 4.42 Å². The van der Waals surface area contributed by atoms with E-state index in [1.54, 1.807) is 0 Å². The lowest BCUT2D eigenvalue weighted by atomic mass is 9.57. The topological polar surface area (TPSA) is 38.7 Å². The molecule has 0 aliphatic carbocycles. The van der Waals surface area contributed by atoms with Gasteiger partial charge in [-0.25, -0.2) is 4.57 Å². The number of unbranched alkanes of at least 4 members (excludes halogenated alkanes) is 1. The Hall–Kier alpha value is -5.03. The van der Waals surface area contributed by atoms with Crippen LogP contribution in [-0.2, 0) is 23.9 Å². The Kier molecular flexibility index (Phi) is 8.17. The molecule has 252 valence electrons. The van der Waals surface area contributed by atoms with Gasteiger partial charge in [0.1, 0.15) is 29.2 Å². The van der Waals surface area contributed by atoms with E-state index in [0.717, 1.165) is 49.1 Å². The molecule has 5 nitrogen and oxygen atoms in total. The Morgan fingerprint density at radius 2 is 1.64 bits per heavy atom. The zero-order chi connectivity index (χ0) is 34.5. The van der Waals surface area contributed by atoms with Gasteiger partial charge in [0.05, 0.1) is 23.1 Å². The first-order valence-electron chi connectivity index (χ1n) is 18.5. The number of aromatic nitrogens is 4. The highest BCUT2D eigenvalue weighted by atomic mass is 16.3. The Morgan fingerprint density at radius 3 is 2.42 bits per heavy atom. The van der Waals surface area contributed by atoms with Gasteiger partial charge in [0.15, 0.2) is 11.7 Å². The summed E-state index contributed by atoms with van der Waals surface area (Å²) >= 11 is 0. The van der Waals surface area contributed by atoms with E-state index in [1.165, 1.54) is 62.9 Å². The molecule has 7 aromatic rings. The van der Waals surface area contributed by atoms with Crippen molar-refractivity contribution in [3.63, 3.8) is 0 Å². The van der Waals surface area contributed by atoms with Gasteiger partial charge in [0.25, 0.3) is 5.82 Å². The highest BCUT2D eigenvalue weighted by Gasteiger charge is 2.59. The number of rotatable bonds is 10. The molecule has 4 aromatic heterocycles. The first kappa shape index (κ1) is 32.2. The lowest BCUT2D eigenvalue weighted by Crippen LogP contribution is -2.69. The predicted octanol–water partition coefficient (Wildman–Crippen LogP) is 10.2. The molecular formula is C45H48N4O+2. The van der Waals surface area contributed by atoms with Crippen molar-refractivity contribution in [2.45, 2.75) is 90.6 Å². The van der Waals surface area contributed by atoms with Crippen LogP contribution in [0.3, 0.4) is 0 Å². The molecule has 8 rings (SSSR count). The van der Waals surface area contributed by atoms with E-state index in [9.17, 15) is 0 Å². The van der Waals surface area contributed by atoms with E-state index in [2.05, 4.69) is 157 Å². The van der Waals surface area contributed by atoms with Gasteiger partial charge in [-0.2, -0.15) is 9.13 Å². The highest BCUT2D eigenvalue weighted by molar-refractivity contribution is 6.10. The molecule has 3 aromatic carbocycles. The maximum atomic E-state index is 6.95. The fourth-order valence-corrected chi connectivity index (χ4v) is 9.07. The zero-order valence-electron chi connectivity index (χ0n) is 30.1. The van der Waals surface area contributed by atoms with E-state index in [1.807, 2.05) is 12.4 Å². The van der Waals surface area contributed by atoms with Gasteiger partial charge in [0, 0.05) is 67.2 Å². The molecule has 0 fully saturated rings. The third-order valence-corrected chi connectivity index (χ3v) is 12.0. The average Bonchev–Trinajstić information content (AvgIpc) is 3.75. The molecule has 0 saturated carbocycles. The number of pyridine rings is 2. The second-order valence-corrected chi connectivity index (χ2v) is 14.4. The van der Waals surface area contributed by atoms with Crippen LogP contribution in [0.2, 0.25) is 0 Å². The summed E-state index contributed by atoms with van der Waals surface area (Å²) in [6.45, 7) is 12.6. The molecule has 0 bridgehead atoms. The van der Waals surface area contributed by atoms with Gasteiger partial charge in [-0.3, -0.25) is 4.98 Å². The number of hydrogen-bond donors (Lipinski definition) is 0. The summed E-state index contributed by atoms with van der Waals surface area (Å²) in [4.78, 5) is 4.30. The van der Waals surface area contributed by atoms with Crippen LogP contribution < -0.4 is 9.13 Å². The lowest BCUT2D eigenvalue weighted by molar-refractivity contribution is -0.768. The van der Waals surface area contributed by atoms with Crippen LogP contribution in [0.15, 0.2) is 120 Å². The van der Waals surface area contributed by atoms with Crippen molar-refractivity contribution < 1.29 is 13.6 Å². The normalized spacial score (nSPS) is 18.4. The van der Waals surface area contributed by atoms with Crippen molar-refractivity contribution >= 4 is 21.9 Å². The molecule has 2 unspecified atom stereocenters. The maximum Gasteiger partial charge on any atom is 0.294 e. The third-order valence-electron chi connectivity index (χ3n) is 12.0. The predicted molar refractivity (Wildman–Crippen MR) is 202 cm³/mol. The van der Waals surface area contributed by atoms with E-state index in [-0.39, 0.29) is 11.0 Å². The Morgan fingerprint density at radius 1 is 0.840 bits per heavy atom. The second-order valence-electron chi connectivity index (χ2n) is 14.4. The van der Waals surface area contributed by atoms with E-state index in [4.69, 9.17) is 4.42 Å². The van der Waals surface area contributed by atoms with Crippen LogP contribution in [0.5, 0.6) is 0 Å². The summed E-state index contributed by atoms with van der Waals surface area (Å²) in [5.74, 6) is 1.19. The minimum absolute atomic E-state index is 0.157. The monoisotopic (exact) mass is 660 g/mol. The third kappa shape index (κ3) is 4.85. The molecule has 1 aliphatic rings. The van der Waals surface area contributed by atoms with Gasteiger partial charge in [-0.15, -0.1) is 0 Å². The molecule has 2 atom stereocenters. The largest absolute Gasteiger partial charge is 0.455 e. The van der Waals surface area contributed by atoms with Crippen molar-refractivity contribution in [2.75, 3.05) is 0 Å². The second kappa shape index (κ2) is 12.7. The van der Waals surface area contributed by atoms with Gasteiger partial charge >= 0.3 is 0 Å². The van der Waals surface area contributed by atoms with Crippen molar-refractivity contribution in [2.24, 2.45) is 0 Å². The first-order chi connectivity index (χ1) is 24.4. The molecule has 1 aliphatic heterocycles. The smallest absolute Gasteiger partial charge is 0.294 e. The summed E-state index contributed by atoms with van der Waals surface area (Å²) in [5, 5.41) is 2.40. The summed E-state index contributed by atoms with van der Waals surface area (Å²) in [6.07, 6.45) is 17.0.